The fraction of sp³-hybridized carbons (Fsp3) is 0.133. The van der Waals surface area contributed by atoms with Crippen LogP contribution in [-0.2, 0) is 4.79 Å². The minimum Gasteiger partial charge on any atom is -0.478 e. The van der Waals surface area contributed by atoms with Crippen molar-refractivity contribution in [1.29, 1.82) is 0 Å². The summed E-state index contributed by atoms with van der Waals surface area (Å²) in [5.41, 5.74) is 1.32. The Hall–Kier alpha value is -2.00. The Bertz CT molecular complexity index is 595. The van der Waals surface area contributed by atoms with Gasteiger partial charge in [0.05, 0.1) is 0 Å². The summed E-state index contributed by atoms with van der Waals surface area (Å²) in [4.78, 5) is 11.4. The van der Waals surface area contributed by atoms with E-state index >= 15 is 0 Å². The highest BCUT2D eigenvalue weighted by Crippen LogP contribution is 2.29. The predicted molar refractivity (Wildman–Crippen MR) is 73.6 cm³/mol. The van der Waals surface area contributed by atoms with Crippen LogP contribution in [0.5, 0.6) is 5.75 Å². The Morgan fingerprint density at radius 3 is 2.42 bits per heavy atom. The molecule has 0 spiro atoms. The molecule has 1 N–H and O–H groups in total. The summed E-state index contributed by atoms with van der Waals surface area (Å²) in [6.45, 7) is 1.86. The molecule has 2 rings (SSSR count). The molecular weight excluding hydrogens is 264 g/mol. The van der Waals surface area contributed by atoms with E-state index < -0.39 is 12.1 Å². The lowest BCUT2D eigenvalue weighted by Crippen LogP contribution is -2.19. The molecule has 1 atom stereocenters. The van der Waals surface area contributed by atoms with Crippen LogP contribution in [0.3, 0.4) is 0 Å². The van der Waals surface area contributed by atoms with Gasteiger partial charge in [0.1, 0.15) is 5.75 Å². The Kier molecular flexibility index (Phi) is 4.07. The number of aryl methyl sites for hydroxylation is 1. The molecule has 0 aliphatic rings. The SMILES string of the molecule is Cc1ccccc1OC(C(=O)O)c1ccccc1Cl. The highest BCUT2D eigenvalue weighted by Gasteiger charge is 2.24. The summed E-state index contributed by atoms with van der Waals surface area (Å²) in [7, 11) is 0. The second-order valence-electron chi connectivity index (χ2n) is 4.12. The van der Waals surface area contributed by atoms with Gasteiger partial charge in [-0.05, 0) is 24.6 Å². The standard InChI is InChI=1S/C15H13ClO3/c1-10-6-2-5-9-13(10)19-14(15(17)18)11-7-3-4-8-12(11)16/h2-9,14H,1H3,(H,17,18). The number of rotatable bonds is 4. The number of hydrogen-bond acceptors (Lipinski definition) is 2. The van der Waals surface area contributed by atoms with Crippen molar-refractivity contribution in [3.05, 3.63) is 64.7 Å². The van der Waals surface area contributed by atoms with Gasteiger partial charge in [-0.15, -0.1) is 0 Å². The molecule has 0 bridgehead atoms. The molecule has 0 heterocycles. The van der Waals surface area contributed by atoms with Crippen molar-refractivity contribution in [2.24, 2.45) is 0 Å². The van der Waals surface area contributed by atoms with E-state index in [0.29, 0.717) is 16.3 Å². The highest BCUT2D eigenvalue weighted by molar-refractivity contribution is 6.31. The van der Waals surface area contributed by atoms with Crippen LogP contribution in [0.4, 0.5) is 0 Å². The highest BCUT2D eigenvalue weighted by atomic mass is 35.5. The smallest absolute Gasteiger partial charge is 0.349 e. The number of para-hydroxylation sites is 1. The summed E-state index contributed by atoms with van der Waals surface area (Å²) in [5, 5.41) is 9.70. The van der Waals surface area contributed by atoms with E-state index in [2.05, 4.69) is 0 Å². The first-order chi connectivity index (χ1) is 9.09. The largest absolute Gasteiger partial charge is 0.478 e. The molecule has 0 radical (unpaired) electrons. The van der Waals surface area contributed by atoms with Gasteiger partial charge in [0.25, 0.3) is 0 Å². The molecule has 98 valence electrons. The second kappa shape index (κ2) is 5.76. The van der Waals surface area contributed by atoms with E-state index in [4.69, 9.17) is 16.3 Å². The third kappa shape index (κ3) is 3.06. The van der Waals surface area contributed by atoms with Gasteiger partial charge in [0.2, 0.25) is 6.10 Å². The maximum absolute atomic E-state index is 11.4. The van der Waals surface area contributed by atoms with Crippen molar-refractivity contribution < 1.29 is 14.6 Å². The quantitative estimate of drug-likeness (QED) is 0.922. The van der Waals surface area contributed by atoms with E-state index in [0.717, 1.165) is 5.56 Å². The van der Waals surface area contributed by atoms with Crippen LogP contribution in [0, 0.1) is 6.92 Å². The van der Waals surface area contributed by atoms with E-state index in [1.165, 1.54) is 0 Å². The number of benzene rings is 2. The average molecular weight is 277 g/mol. The molecule has 3 nitrogen and oxygen atoms in total. The fourth-order valence-corrected chi connectivity index (χ4v) is 1.99. The first kappa shape index (κ1) is 13.4. The van der Waals surface area contributed by atoms with Gasteiger partial charge in [-0.2, -0.15) is 0 Å². The third-order valence-corrected chi connectivity index (χ3v) is 3.09. The molecule has 0 saturated heterocycles. The molecule has 1 unspecified atom stereocenters. The number of carbonyl (C=O) groups is 1. The molecule has 2 aromatic rings. The van der Waals surface area contributed by atoms with Crippen molar-refractivity contribution in [3.8, 4) is 5.75 Å². The van der Waals surface area contributed by atoms with Gasteiger partial charge < -0.3 is 9.84 Å². The summed E-state index contributed by atoms with van der Waals surface area (Å²) in [6, 6.07) is 14.1. The van der Waals surface area contributed by atoms with Crippen molar-refractivity contribution in [2.45, 2.75) is 13.0 Å². The summed E-state index contributed by atoms with van der Waals surface area (Å²) >= 11 is 6.03. The van der Waals surface area contributed by atoms with Crippen molar-refractivity contribution >= 4 is 17.6 Å². The van der Waals surface area contributed by atoms with Crippen LogP contribution in [0.2, 0.25) is 5.02 Å². The van der Waals surface area contributed by atoms with Crippen LogP contribution >= 0.6 is 11.6 Å². The molecule has 0 aliphatic heterocycles. The molecule has 0 aliphatic carbocycles. The molecule has 0 saturated carbocycles. The van der Waals surface area contributed by atoms with Crippen LogP contribution in [0.15, 0.2) is 48.5 Å². The first-order valence-corrected chi connectivity index (χ1v) is 6.17. The Morgan fingerprint density at radius 2 is 1.79 bits per heavy atom. The number of hydrogen-bond donors (Lipinski definition) is 1. The third-order valence-electron chi connectivity index (χ3n) is 2.75. The molecule has 19 heavy (non-hydrogen) atoms. The topological polar surface area (TPSA) is 46.5 Å². The number of halogens is 1. The summed E-state index contributed by atoms with van der Waals surface area (Å²) < 4.78 is 5.59. The lowest BCUT2D eigenvalue weighted by atomic mass is 10.1. The van der Waals surface area contributed by atoms with E-state index in [1.54, 1.807) is 36.4 Å². The lowest BCUT2D eigenvalue weighted by Gasteiger charge is -2.17. The van der Waals surface area contributed by atoms with Crippen LogP contribution in [0.1, 0.15) is 17.2 Å². The van der Waals surface area contributed by atoms with Crippen molar-refractivity contribution in [2.75, 3.05) is 0 Å². The summed E-state index contributed by atoms with van der Waals surface area (Å²) in [6.07, 6.45) is -1.12. The van der Waals surface area contributed by atoms with Gasteiger partial charge >= 0.3 is 5.97 Å². The zero-order valence-electron chi connectivity index (χ0n) is 10.3. The second-order valence-corrected chi connectivity index (χ2v) is 4.53. The van der Waals surface area contributed by atoms with E-state index in [1.807, 2.05) is 19.1 Å². The van der Waals surface area contributed by atoms with E-state index in [9.17, 15) is 9.90 Å². The van der Waals surface area contributed by atoms with Gasteiger partial charge in [-0.1, -0.05) is 48.0 Å². The summed E-state index contributed by atoms with van der Waals surface area (Å²) in [5.74, 6) is -0.536. The number of aliphatic carboxylic acids is 1. The zero-order chi connectivity index (χ0) is 13.8. The molecule has 0 fully saturated rings. The zero-order valence-corrected chi connectivity index (χ0v) is 11.1. The van der Waals surface area contributed by atoms with Crippen LogP contribution in [0.25, 0.3) is 0 Å². The number of carboxylic acids is 1. The molecule has 0 amide bonds. The van der Waals surface area contributed by atoms with Gasteiger partial charge in [-0.3, -0.25) is 0 Å². The number of carboxylic acid groups (broad SMARTS) is 1. The first-order valence-electron chi connectivity index (χ1n) is 5.79. The van der Waals surface area contributed by atoms with Crippen molar-refractivity contribution in [3.63, 3.8) is 0 Å². The number of ether oxygens (including phenoxy) is 1. The van der Waals surface area contributed by atoms with Crippen LogP contribution < -0.4 is 4.74 Å². The monoisotopic (exact) mass is 276 g/mol. The Balaban J connectivity index is 2.35. The molecular formula is C15H13ClO3. The van der Waals surface area contributed by atoms with Crippen LogP contribution in [-0.4, -0.2) is 11.1 Å². The van der Waals surface area contributed by atoms with Gasteiger partial charge in [-0.25, -0.2) is 4.79 Å². The predicted octanol–water partition coefficient (Wildman–Crippen LogP) is 3.85. The van der Waals surface area contributed by atoms with E-state index in [-0.39, 0.29) is 0 Å². The molecule has 4 heteroatoms. The van der Waals surface area contributed by atoms with Gasteiger partial charge in [0.15, 0.2) is 0 Å². The Labute approximate surface area is 116 Å². The Morgan fingerprint density at radius 1 is 1.16 bits per heavy atom. The van der Waals surface area contributed by atoms with Gasteiger partial charge in [0, 0.05) is 10.6 Å². The minimum absolute atomic E-state index is 0.378. The molecule has 0 aromatic heterocycles. The minimum atomic E-state index is -1.12. The normalized spacial score (nSPS) is 11.9. The average Bonchev–Trinajstić information content (AvgIpc) is 2.38. The molecule has 2 aromatic carbocycles. The fourth-order valence-electron chi connectivity index (χ4n) is 1.75. The lowest BCUT2D eigenvalue weighted by molar-refractivity contribution is -0.145. The maximum Gasteiger partial charge on any atom is 0.349 e. The van der Waals surface area contributed by atoms with Crippen molar-refractivity contribution in [1.82, 2.24) is 0 Å². The maximum atomic E-state index is 11.4.